The van der Waals surface area contributed by atoms with Crippen molar-refractivity contribution in [2.24, 2.45) is 0 Å². The van der Waals surface area contributed by atoms with Crippen LogP contribution in [0, 0.1) is 11.6 Å². The van der Waals surface area contributed by atoms with Gasteiger partial charge in [-0.25, -0.2) is 8.78 Å². The van der Waals surface area contributed by atoms with Crippen molar-refractivity contribution in [2.75, 3.05) is 5.32 Å². The Bertz CT molecular complexity index is 752. The first-order chi connectivity index (χ1) is 11.1. The summed E-state index contributed by atoms with van der Waals surface area (Å²) in [5, 5.41) is 4.32. The Labute approximate surface area is 134 Å². The zero-order valence-electron chi connectivity index (χ0n) is 12.9. The van der Waals surface area contributed by atoms with Crippen LogP contribution in [0.1, 0.15) is 18.9 Å². The van der Waals surface area contributed by atoms with Crippen LogP contribution >= 0.6 is 0 Å². The van der Waals surface area contributed by atoms with Gasteiger partial charge in [-0.1, -0.05) is 24.3 Å². The Morgan fingerprint density at radius 3 is 2.65 bits per heavy atom. The lowest BCUT2D eigenvalue weighted by atomic mass is 9.98. The minimum atomic E-state index is -0.755. The first-order valence-electron chi connectivity index (χ1n) is 7.68. The molecule has 3 aromatic rings. The van der Waals surface area contributed by atoms with Gasteiger partial charge >= 0.3 is 0 Å². The van der Waals surface area contributed by atoms with Crippen LogP contribution in [0.3, 0.4) is 0 Å². The van der Waals surface area contributed by atoms with E-state index in [0.29, 0.717) is 18.0 Å². The molecular weight excluding hydrogens is 294 g/mol. The summed E-state index contributed by atoms with van der Waals surface area (Å²) >= 11 is 0. The molecule has 1 N–H and O–H groups in total. The van der Waals surface area contributed by atoms with Crippen molar-refractivity contribution in [1.82, 2.24) is 4.98 Å². The molecule has 0 fully saturated rings. The quantitative estimate of drug-likeness (QED) is 0.635. The number of rotatable bonds is 0. The molecule has 0 saturated carbocycles. The monoisotopic (exact) mass is 312 g/mol. The highest BCUT2D eigenvalue weighted by Crippen LogP contribution is 2.28. The molecule has 1 atom stereocenters. The van der Waals surface area contributed by atoms with Gasteiger partial charge in [-0.3, -0.25) is 4.98 Å². The van der Waals surface area contributed by atoms with Gasteiger partial charge in [-0.15, -0.1) is 0 Å². The highest BCUT2D eigenvalue weighted by Gasteiger charge is 2.19. The maximum atomic E-state index is 13.2. The van der Waals surface area contributed by atoms with E-state index in [0.717, 1.165) is 17.6 Å². The number of aromatic nitrogens is 1. The van der Waals surface area contributed by atoms with Crippen molar-refractivity contribution in [3.8, 4) is 0 Å². The molecule has 1 aliphatic rings. The van der Waals surface area contributed by atoms with E-state index in [1.54, 1.807) is 6.07 Å². The third-order valence-corrected chi connectivity index (χ3v) is 3.94. The van der Waals surface area contributed by atoms with E-state index in [1.807, 2.05) is 37.4 Å². The van der Waals surface area contributed by atoms with Gasteiger partial charge in [0.2, 0.25) is 0 Å². The second kappa shape index (κ2) is 6.73. The highest BCUT2D eigenvalue weighted by molar-refractivity contribution is 5.77. The van der Waals surface area contributed by atoms with E-state index < -0.39 is 11.6 Å². The summed E-state index contributed by atoms with van der Waals surface area (Å²) in [4.78, 5) is 4.18. The van der Waals surface area contributed by atoms with Crippen molar-refractivity contribution in [3.05, 3.63) is 71.9 Å². The molecule has 2 heterocycles. The number of nitrogens with zero attached hydrogens (tertiary/aromatic N) is 1. The van der Waals surface area contributed by atoms with Crippen molar-refractivity contribution in [2.45, 2.75) is 25.8 Å². The van der Waals surface area contributed by atoms with E-state index in [1.165, 1.54) is 11.5 Å². The number of nitrogens with one attached hydrogen (secondary N) is 1. The molecule has 0 spiro atoms. The van der Waals surface area contributed by atoms with Crippen LogP contribution in [0.4, 0.5) is 14.5 Å². The molecule has 0 aliphatic carbocycles. The average molecular weight is 312 g/mol. The predicted octanol–water partition coefficient (Wildman–Crippen LogP) is 4.95. The summed E-state index contributed by atoms with van der Waals surface area (Å²) in [7, 11) is 0. The number of halogens is 2. The lowest BCUT2D eigenvalue weighted by molar-refractivity contribution is 0.492. The minimum absolute atomic E-state index is 0.345. The summed E-state index contributed by atoms with van der Waals surface area (Å²) < 4.78 is 26.0. The molecule has 2 nitrogen and oxygen atoms in total. The molecule has 4 rings (SSSR count). The zero-order chi connectivity index (χ0) is 16.2. The van der Waals surface area contributed by atoms with Crippen molar-refractivity contribution in [1.29, 1.82) is 0 Å². The van der Waals surface area contributed by atoms with Crippen LogP contribution in [0.2, 0.25) is 0 Å². The number of benzene rings is 2. The topological polar surface area (TPSA) is 24.9 Å². The fraction of sp³-hybridized carbons (Fsp3) is 0.211. The Balaban J connectivity index is 0.000000140. The zero-order valence-corrected chi connectivity index (χ0v) is 12.9. The lowest BCUT2D eigenvalue weighted by Gasteiger charge is -2.24. The number of para-hydroxylation sites is 1. The van der Waals surface area contributed by atoms with Gasteiger partial charge < -0.3 is 5.32 Å². The number of hydrogen-bond acceptors (Lipinski definition) is 2. The Morgan fingerprint density at radius 2 is 1.83 bits per heavy atom. The van der Waals surface area contributed by atoms with Crippen molar-refractivity contribution in [3.63, 3.8) is 0 Å². The first-order valence-corrected chi connectivity index (χ1v) is 7.68. The van der Waals surface area contributed by atoms with Gasteiger partial charge in [-0.05, 0) is 44.0 Å². The molecule has 0 saturated heterocycles. The van der Waals surface area contributed by atoms with Crippen LogP contribution < -0.4 is 5.32 Å². The Morgan fingerprint density at radius 1 is 1.04 bits per heavy atom. The normalized spacial score (nSPS) is 16.0. The average Bonchev–Trinajstić information content (AvgIpc) is 2.59. The van der Waals surface area contributed by atoms with E-state index in [9.17, 15) is 8.78 Å². The molecule has 2 aromatic carbocycles. The van der Waals surface area contributed by atoms with Crippen LogP contribution in [0.5, 0.6) is 0 Å². The fourth-order valence-electron chi connectivity index (χ4n) is 2.69. The van der Waals surface area contributed by atoms with Gasteiger partial charge in [0.05, 0.1) is 5.52 Å². The molecule has 4 heteroatoms. The van der Waals surface area contributed by atoms with E-state index in [4.69, 9.17) is 0 Å². The van der Waals surface area contributed by atoms with Gasteiger partial charge in [0.25, 0.3) is 0 Å². The minimum Gasteiger partial charge on any atom is -0.382 e. The Kier molecular flexibility index (Phi) is 4.51. The molecule has 0 radical (unpaired) electrons. The van der Waals surface area contributed by atoms with Crippen LogP contribution in [-0.4, -0.2) is 11.0 Å². The highest BCUT2D eigenvalue weighted by atomic mass is 19.2. The number of fused-ring (bicyclic) bond motifs is 2. The summed E-state index contributed by atoms with van der Waals surface area (Å²) in [6.45, 7) is 2.03. The van der Waals surface area contributed by atoms with Gasteiger partial charge in [0, 0.05) is 28.9 Å². The molecule has 118 valence electrons. The standard InChI is InChI=1S/C10H11F2N.C9H7N/c1-6-2-3-7-9(13-6)5-4-8(11)10(7)12;1-2-6-9-8(4-1)5-3-7-10-9/h4-6,13H,2-3H2,1H3;1-7H. The van der Waals surface area contributed by atoms with Gasteiger partial charge in [0.15, 0.2) is 11.6 Å². The van der Waals surface area contributed by atoms with Crippen LogP contribution in [-0.2, 0) is 6.42 Å². The number of pyridine rings is 1. The SMILES string of the molecule is CC1CCc2c(ccc(F)c2F)N1.c1ccc2ncccc2c1. The third kappa shape index (κ3) is 3.47. The molecule has 1 unspecified atom stereocenters. The molecule has 1 aromatic heterocycles. The van der Waals surface area contributed by atoms with E-state index in [2.05, 4.69) is 22.4 Å². The second-order valence-corrected chi connectivity index (χ2v) is 5.67. The van der Waals surface area contributed by atoms with E-state index in [-0.39, 0.29) is 0 Å². The molecule has 23 heavy (non-hydrogen) atoms. The number of anilines is 1. The number of hydrogen-bond donors (Lipinski definition) is 1. The third-order valence-electron chi connectivity index (χ3n) is 3.94. The molecule has 0 amide bonds. The predicted molar refractivity (Wildman–Crippen MR) is 89.5 cm³/mol. The Hall–Kier alpha value is -2.49. The fourth-order valence-corrected chi connectivity index (χ4v) is 2.69. The molecule has 0 bridgehead atoms. The van der Waals surface area contributed by atoms with Gasteiger partial charge in [-0.2, -0.15) is 0 Å². The molecular formula is C19H18F2N2. The van der Waals surface area contributed by atoms with Gasteiger partial charge in [0.1, 0.15) is 0 Å². The van der Waals surface area contributed by atoms with Crippen molar-refractivity contribution < 1.29 is 8.78 Å². The van der Waals surface area contributed by atoms with Crippen molar-refractivity contribution >= 4 is 16.6 Å². The first kappa shape index (κ1) is 15.4. The largest absolute Gasteiger partial charge is 0.382 e. The smallest absolute Gasteiger partial charge is 0.164 e. The van der Waals surface area contributed by atoms with E-state index >= 15 is 0 Å². The summed E-state index contributed by atoms with van der Waals surface area (Å²) in [5.41, 5.74) is 2.28. The maximum absolute atomic E-state index is 13.2. The molecule has 1 aliphatic heterocycles. The second-order valence-electron chi connectivity index (χ2n) is 5.67. The summed E-state index contributed by atoms with van der Waals surface area (Å²) in [5.74, 6) is -1.45. The lowest BCUT2D eigenvalue weighted by Crippen LogP contribution is -2.23. The van der Waals surface area contributed by atoms with Crippen LogP contribution in [0.15, 0.2) is 54.7 Å². The summed E-state index contributed by atoms with van der Waals surface area (Å²) in [6, 6.07) is 15.2. The van der Waals surface area contributed by atoms with Crippen LogP contribution in [0.25, 0.3) is 10.9 Å². The maximum Gasteiger partial charge on any atom is 0.164 e. The summed E-state index contributed by atoms with van der Waals surface area (Å²) in [6.07, 6.45) is 3.28.